The Labute approximate surface area is 109 Å². The lowest BCUT2D eigenvalue weighted by Crippen LogP contribution is -2.14. The average molecular weight is 245 g/mol. The Morgan fingerprint density at radius 3 is 2.78 bits per heavy atom. The molecular weight excluding hydrogens is 222 g/mol. The molecular formula is C15H23N3. The Morgan fingerprint density at radius 1 is 1.28 bits per heavy atom. The van der Waals surface area contributed by atoms with Gasteiger partial charge >= 0.3 is 0 Å². The minimum atomic E-state index is 0.301. The topological polar surface area (TPSA) is 54.7 Å². The van der Waals surface area contributed by atoms with Crippen LogP contribution in [0.25, 0.3) is 11.0 Å². The predicted octanol–water partition coefficient (Wildman–Crippen LogP) is 3.49. The van der Waals surface area contributed by atoms with Crippen molar-refractivity contribution in [2.75, 3.05) is 0 Å². The number of hydrogen-bond donors (Lipinski definition) is 2. The van der Waals surface area contributed by atoms with Gasteiger partial charge in [-0.25, -0.2) is 4.98 Å². The Kier molecular flexibility index (Phi) is 4.02. The van der Waals surface area contributed by atoms with Gasteiger partial charge in [0.1, 0.15) is 5.82 Å². The van der Waals surface area contributed by atoms with Crippen LogP contribution in [-0.4, -0.2) is 16.0 Å². The van der Waals surface area contributed by atoms with Crippen molar-refractivity contribution in [2.24, 2.45) is 5.73 Å². The van der Waals surface area contributed by atoms with E-state index in [0.29, 0.717) is 12.0 Å². The van der Waals surface area contributed by atoms with Gasteiger partial charge in [-0.15, -0.1) is 0 Å². The van der Waals surface area contributed by atoms with Crippen molar-refractivity contribution in [3.05, 3.63) is 29.6 Å². The molecule has 0 aliphatic carbocycles. The fourth-order valence-electron chi connectivity index (χ4n) is 2.26. The summed E-state index contributed by atoms with van der Waals surface area (Å²) < 4.78 is 0. The molecule has 0 amide bonds. The summed E-state index contributed by atoms with van der Waals surface area (Å²) in [5, 5.41) is 0. The van der Waals surface area contributed by atoms with Gasteiger partial charge in [0.15, 0.2) is 0 Å². The fraction of sp³-hybridized carbons (Fsp3) is 0.533. The number of nitrogens with zero attached hydrogens (tertiary/aromatic N) is 1. The average Bonchev–Trinajstić information content (AvgIpc) is 2.71. The van der Waals surface area contributed by atoms with E-state index in [1.54, 1.807) is 0 Å². The van der Waals surface area contributed by atoms with Crippen molar-refractivity contribution in [3.8, 4) is 0 Å². The minimum absolute atomic E-state index is 0.301. The highest BCUT2D eigenvalue weighted by Crippen LogP contribution is 2.22. The predicted molar refractivity (Wildman–Crippen MR) is 76.7 cm³/mol. The number of nitrogens with two attached hydrogens (primary N) is 1. The van der Waals surface area contributed by atoms with Crippen LogP contribution < -0.4 is 5.73 Å². The van der Waals surface area contributed by atoms with Gasteiger partial charge in [0.25, 0.3) is 0 Å². The van der Waals surface area contributed by atoms with Crippen LogP contribution in [0.5, 0.6) is 0 Å². The highest BCUT2D eigenvalue weighted by Gasteiger charge is 2.11. The third-order valence-electron chi connectivity index (χ3n) is 3.42. The van der Waals surface area contributed by atoms with E-state index in [9.17, 15) is 0 Å². The van der Waals surface area contributed by atoms with Crippen LogP contribution in [0.15, 0.2) is 18.2 Å². The first kappa shape index (κ1) is 13.1. The molecule has 3 nitrogen and oxygen atoms in total. The lowest BCUT2D eigenvalue weighted by atomic mass is 10.0. The molecule has 2 aromatic rings. The zero-order chi connectivity index (χ0) is 13.1. The first-order valence-corrected chi connectivity index (χ1v) is 6.78. The number of aryl methyl sites for hydroxylation is 1. The highest BCUT2D eigenvalue weighted by molar-refractivity contribution is 5.75. The van der Waals surface area contributed by atoms with Gasteiger partial charge in [0.05, 0.1) is 11.0 Å². The highest BCUT2D eigenvalue weighted by atomic mass is 14.9. The number of rotatable bonds is 5. The van der Waals surface area contributed by atoms with Gasteiger partial charge in [0.2, 0.25) is 0 Å². The van der Waals surface area contributed by atoms with Crippen LogP contribution in [0.1, 0.15) is 50.4 Å². The van der Waals surface area contributed by atoms with Crippen molar-refractivity contribution >= 4 is 11.0 Å². The first-order chi connectivity index (χ1) is 8.56. The Bertz CT molecular complexity index is 513. The molecule has 3 N–H and O–H groups in total. The minimum Gasteiger partial charge on any atom is -0.342 e. The smallest absolute Gasteiger partial charge is 0.110 e. The molecule has 1 aromatic carbocycles. The third kappa shape index (κ3) is 3.10. The van der Waals surface area contributed by atoms with E-state index in [2.05, 4.69) is 48.9 Å². The van der Waals surface area contributed by atoms with E-state index in [0.717, 1.165) is 36.1 Å². The summed E-state index contributed by atoms with van der Waals surface area (Å²) in [4.78, 5) is 8.10. The van der Waals surface area contributed by atoms with Crippen LogP contribution in [-0.2, 0) is 0 Å². The molecule has 0 spiro atoms. The van der Waals surface area contributed by atoms with Crippen molar-refractivity contribution in [3.63, 3.8) is 0 Å². The van der Waals surface area contributed by atoms with Crippen molar-refractivity contribution in [2.45, 2.75) is 52.0 Å². The second-order valence-corrected chi connectivity index (χ2v) is 5.45. The molecule has 0 bridgehead atoms. The van der Waals surface area contributed by atoms with Crippen LogP contribution >= 0.6 is 0 Å². The van der Waals surface area contributed by atoms with Crippen LogP contribution in [0, 0.1) is 6.92 Å². The second kappa shape index (κ2) is 5.53. The summed E-state index contributed by atoms with van der Waals surface area (Å²) in [5.74, 6) is 1.57. The largest absolute Gasteiger partial charge is 0.342 e. The summed E-state index contributed by atoms with van der Waals surface area (Å²) in [7, 11) is 0. The summed E-state index contributed by atoms with van der Waals surface area (Å²) in [6.07, 6.45) is 3.39. The lowest BCUT2D eigenvalue weighted by Gasteiger charge is -2.09. The number of hydrogen-bond acceptors (Lipinski definition) is 2. The molecule has 3 heteroatoms. The van der Waals surface area contributed by atoms with E-state index >= 15 is 0 Å². The van der Waals surface area contributed by atoms with E-state index in [1.165, 1.54) is 5.56 Å². The molecule has 0 radical (unpaired) electrons. The monoisotopic (exact) mass is 245 g/mol. The number of nitrogens with one attached hydrogen (secondary N) is 1. The standard InChI is InChI=1S/C15H23N3/c1-10-7-8-13-14(9-10)18-15(17-13)11(2)5-4-6-12(3)16/h7-9,11-12H,4-6,16H2,1-3H3,(H,17,18). The van der Waals surface area contributed by atoms with Crippen molar-refractivity contribution < 1.29 is 0 Å². The fourth-order valence-corrected chi connectivity index (χ4v) is 2.26. The maximum Gasteiger partial charge on any atom is 0.110 e. The van der Waals surface area contributed by atoms with Gasteiger partial charge in [-0.3, -0.25) is 0 Å². The summed E-state index contributed by atoms with van der Waals surface area (Å²) in [5.41, 5.74) is 9.24. The number of aromatic amines is 1. The molecule has 2 atom stereocenters. The first-order valence-electron chi connectivity index (χ1n) is 6.78. The normalized spacial score (nSPS) is 14.9. The molecule has 1 aromatic heterocycles. The molecule has 1 heterocycles. The molecule has 0 saturated heterocycles. The maximum absolute atomic E-state index is 5.77. The van der Waals surface area contributed by atoms with E-state index in [4.69, 9.17) is 5.73 Å². The van der Waals surface area contributed by atoms with E-state index in [-0.39, 0.29) is 0 Å². The molecule has 0 aliphatic rings. The lowest BCUT2D eigenvalue weighted by molar-refractivity contribution is 0.546. The van der Waals surface area contributed by atoms with Crippen LogP contribution in [0.2, 0.25) is 0 Å². The number of fused-ring (bicyclic) bond motifs is 1. The summed E-state index contributed by atoms with van der Waals surface area (Å²) >= 11 is 0. The number of H-pyrrole nitrogens is 1. The summed E-state index contributed by atoms with van der Waals surface area (Å²) in [6, 6.07) is 6.64. The van der Waals surface area contributed by atoms with Gasteiger partial charge < -0.3 is 10.7 Å². The molecule has 98 valence electrons. The second-order valence-electron chi connectivity index (χ2n) is 5.45. The quantitative estimate of drug-likeness (QED) is 0.847. The molecule has 0 aliphatic heterocycles. The molecule has 2 unspecified atom stereocenters. The maximum atomic E-state index is 5.77. The van der Waals surface area contributed by atoms with Gasteiger partial charge in [-0.2, -0.15) is 0 Å². The van der Waals surface area contributed by atoms with Gasteiger partial charge in [-0.05, 0) is 44.4 Å². The number of benzene rings is 1. The van der Waals surface area contributed by atoms with E-state index < -0.39 is 0 Å². The van der Waals surface area contributed by atoms with Crippen LogP contribution in [0.3, 0.4) is 0 Å². The van der Waals surface area contributed by atoms with Crippen molar-refractivity contribution in [1.82, 2.24) is 9.97 Å². The zero-order valence-corrected chi connectivity index (χ0v) is 11.5. The molecule has 2 rings (SSSR count). The van der Waals surface area contributed by atoms with Crippen molar-refractivity contribution in [1.29, 1.82) is 0 Å². The Balaban J connectivity index is 2.06. The molecule has 0 fully saturated rings. The van der Waals surface area contributed by atoms with Gasteiger partial charge in [-0.1, -0.05) is 19.4 Å². The zero-order valence-electron chi connectivity index (χ0n) is 11.5. The number of aromatic nitrogens is 2. The van der Waals surface area contributed by atoms with E-state index in [1.807, 2.05) is 0 Å². The molecule has 0 saturated carbocycles. The number of imidazole rings is 1. The summed E-state index contributed by atoms with van der Waals surface area (Å²) in [6.45, 7) is 6.40. The third-order valence-corrected chi connectivity index (χ3v) is 3.42. The Hall–Kier alpha value is -1.35. The SMILES string of the molecule is Cc1ccc2nc(C(C)CCCC(C)N)[nH]c2c1. The van der Waals surface area contributed by atoms with Crippen LogP contribution in [0.4, 0.5) is 0 Å². The Morgan fingerprint density at radius 2 is 2.06 bits per heavy atom. The van der Waals surface area contributed by atoms with Gasteiger partial charge in [0, 0.05) is 12.0 Å². The molecule has 18 heavy (non-hydrogen) atoms.